The molecule has 0 saturated heterocycles. The molecule has 1 amide bonds. The summed E-state index contributed by atoms with van der Waals surface area (Å²) in [7, 11) is 0. The van der Waals surface area contributed by atoms with Gasteiger partial charge in [-0.3, -0.25) is 0 Å². The third kappa shape index (κ3) is 6.53. The number of ether oxygens (including phenoxy) is 1. The summed E-state index contributed by atoms with van der Waals surface area (Å²) in [5.74, 6) is 0.444. The number of nitrogens with one attached hydrogen (secondary N) is 2. The Morgan fingerprint density at radius 2 is 1.71 bits per heavy atom. The summed E-state index contributed by atoms with van der Waals surface area (Å²) >= 11 is 0. The summed E-state index contributed by atoms with van der Waals surface area (Å²) in [4.78, 5) is 11.8. The lowest BCUT2D eigenvalue weighted by molar-refractivity contribution is -0.137. The lowest BCUT2D eigenvalue weighted by atomic mass is 9.91. The lowest BCUT2D eigenvalue weighted by Gasteiger charge is -2.29. The monoisotopic (exact) mass is 474 g/mol. The van der Waals surface area contributed by atoms with Crippen molar-refractivity contribution in [2.24, 2.45) is 0 Å². The number of hydrogen-bond donors (Lipinski definition) is 2. The Morgan fingerprint density at radius 3 is 2.38 bits per heavy atom. The number of alkyl halides is 3. The summed E-state index contributed by atoms with van der Waals surface area (Å²) < 4.78 is 44.2. The summed E-state index contributed by atoms with van der Waals surface area (Å²) in [5, 5.41) is 6.74. The number of unbranched alkanes of at least 4 members (excludes halogenated alkanes) is 1. The molecule has 2 aliphatic rings. The van der Waals surface area contributed by atoms with Crippen LogP contribution >= 0.6 is 0 Å². The van der Waals surface area contributed by atoms with Crippen molar-refractivity contribution in [1.29, 1.82) is 0 Å². The van der Waals surface area contributed by atoms with Gasteiger partial charge in [-0.1, -0.05) is 49.7 Å². The number of amides is 1. The Bertz CT molecular complexity index is 953. The van der Waals surface area contributed by atoms with Crippen molar-refractivity contribution >= 4 is 6.09 Å². The molecule has 0 bridgehead atoms. The number of benzene rings is 2. The van der Waals surface area contributed by atoms with E-state index in [0.717, 1.165) is 56.6 Å². The molecule has 2 saturated carbocycles. The predicted octanol–water partition coefficient (Wildman–Crippen LogP) is 6.66. The van der Waals surface area contributed by atoms with Gasteiger partial charge >= 0.3 is 12.3 Å². The number of carbonyl (C=O) groups excluding carboxylic acids is 1. The van der Waals surface area contributed by atoms with Crippen molar-refractivity contribution in [3.8, 4) is 11.1 Å². The second-order valence-corrected chi connectivity index (χ2v) is 9.50. The molecule has 184 valence electrons. The lowest BCUT2D eigenvalue weighted by Crippen LogP contribution is -2.43. The molecule has 4 rings (SSSR count). The van der Waals surface area contributed by atoms with Crippen LogP contribution < -0.4 is 10.6 Å². The zero-order chi connectivity index (χ0) is 24.1. The van der Waals surface area contributed by atoms with E-state index in [2.05, 4.69) is 17.6 Å². The minimum absolute atomic E-state index is 0.186. The van der Waals surface area contributed by atoms with E-state index in [0.29, 0.717) is 30.2 Å². The highest BCUT2D eigenvalue weighted by molar-refractivity contribution is 5.67. The van der Waals surface area contributed by atoms with Crippen LogP contribution in [-0.2, 0) is 10.9 Å². The maximum Gasteiger partial charge on any atom is 0.416 e. The van der Waals surface area contributed by atoms with Crippen molar-refractivity contribution < 1.29 is 22.7 Å². The van der Waals surface area contributed by atoms with Gasteiger partial charge in [0, 0.05) is 24.0 Å². The zero-order valence-corrected chi connectivity index (χ0v) is 19.5. The first-order chi connectivity index (χ1) is 16.3. The van der Waals surface area contributed by atoms with Crippen LogP contribution in [0.2, 0.25) is 0 Å². The van der Waals surface area contributed by atoms with Crippen molar-refractivity contribution in [2.45, 2.75) is 82.1 Å². The van der Waals surface area contributed by atoms with Crippen LogP contribution in [0.3, 0.4) is 0 Å². The van der Waals surface area contributed by atoms with Crippen LogP contribution in [-0.4, -0.2) is 30.8 Å². The normalized spacial score (nSPS) is 24.5. The SMILES string of the molecule is CCCCOC(=O)NC1CCC(N[C@H]2C[C@@H]2c2ccc(-c3cccc(C(F)(F)F)c3)cc2)CC1. The Hall–Kier alpha value is -2.54. The van der Waals surface area contributed by atoms with E-state index in [1.165, 1.54) is 17.7 Å². The fourth-order valence-electron chi connectivity index (χ4n) is 4.77. The first kappa shape index (κ1) is 24.6. The van der Waals surface area contributed by atoms with Gasteiger partial charge in [0.25, 0.3) is 0 Å². The molecule has 0 radical (unpaired) electrons. The molecule has 7 heteroatoms. The molecule has 2 aliphatic carbocycles. The molecule has 2 aromatic carbocycles. The second-order valence-electron chi connectivity index (χ2n) is 9.50. The Labute approximate surface area is 199 Å². The van der Waals surface area contributed by atoms with E-state index < -0.39 is 11.7 Å². The fraction of sp³-hybridized carbons (Fsp3) is 0.519. The van der Waals surface area contributed by atoms with Crippen LogP contribution in [0.15, 0.2) is 48.5 Å². The summed E-state index contributed by atoms with van der Waals surface area (Å²) in [6.07, 6.45) is 2.27. The van der Waals surface area contributed by atoms with Gasteiger partial charge in [-0.05, 0) is 67.3 Å². The summed E-state index contributed by atoms with van der Waals surface area (Å²) in [5.41, 5.74) is 1.96. The average molecular weight is 475 g/mol. The third-order valence-electron chi connectivity index (χ3n) is 6.88. The van der Waals surface area contributed by atoms with Crippen LogP contribution in [0.1, 0.15) is 68.9 Å². The summed E-state index contributed by atoms with van der Waals surface area (Å²) in [6, 6.07) is 14.4. The molecule has 0 unspecified atom stereocenters. The smallest absolute Gasteiger partial charge is 0.416 e. The number of alkyl carbamates (subject to hydrolysis) is 1. The standard InChI is InChI=1S/C27H33F3N2O2/c1-2-3-15-34-26(33)32-23-13-11-22(12-14-23)31-25-17-24(25)19-9-7-18(8-10-19)20-5-4-6-21(16-20)27(28,29)30/h4-10,16,22-25,31H,2-3,11-15,17H2,1H3,(H,32,33)/t22?,23?,24-,25+/m1/s1. The van der Waals surface area contributed by atoms with Gasteiger partial charge in [-0.25, -0.2) is 4.79 Å². The van der Waals surface area contributed by atoms with Gasteiger partial charge in [0.2, 0.25) is 0 Å². The molecular formula is C27H33F3N2O2. The molecule has 2 N–H and O–H groups in total. The van der Waals surface area contributed by atoms with Gasteiger partial charge in [0.15, 0.2) is 0 Å². The minimum atomic E-state index is -4.34. The number of hydrogen-bond acceptors (Lipinski definition) is 3. The highest BCUT2D eigenvalue weighted by Gasteiger charge is 2.40. The van der Waals surface area contributed by atoms with Gasteiger partial charge in [-0.2, -0.15) is 13.2 Å². The summed E-state index contributed by atoms with van der Waals surface area (Å²) in [6.45, 7) is 2.54. The second kappa shape index (κ2) is 10.8. The van der Waals surface area contributed by atoms with Gasteiger partial charge in [-0.15, -0.1) is 0 Å². The van der Waals surface area contributed by atoms with Crippen molar-refractivity contribution in [1.82, 2.24) is 10.6 Å². The number of halogens is 3. The Balaban J connectivity index is 1.22. The van der Waals surface area contributed by atoms with Crippen molar-refractivity contribution in [3.63, 3.8) is 0 Å². The average Bonchev–Trinajstić information content (AvgIpc) is 3.59. The van der Waals surface area contributed by atoms with E-state index in [-0.39, 0.29) is 12.1 Å². The molecule has 0 spiro atoms. The van der Waals surface area contributed by atoms with Gasteiger partial charge in [0.05, 0.1) is 12.2 Å². The fourth-order valence-corrected chi connectivity index (χ4v) is 4.77. The van der Waals surface area contributed by atoms with Gasteiger partial charge < -0.3 is 15.4 Å². The zero-order valence-electron chi connectivity index (χ0n) is 19.5. The van der Waals surface area contributed by atoms with Crippen LogP contribution in [0.5, 0.6) is 0 Å². The quantitative estimate of drug-likeness (QED) is 0.421. The third-order valence-corrected chi connectivity index (χ3v) is 6.88. The highest BCUT2D eigenvalue weighted by Crippen LogP contribution is 2.42. The van der Waals surface area contributed by atoms with Crippen molar-refractivity contribution in [2.75, 3.05) is 6.61 Å². The molecule has 0 heterocycles. The maximum absolute atomic E-state index is 13.0. The molecule has 34 heavy (non-hydrogen) atoms. The topological polar surface area (TPSA) is 50.4 Å². The highest BCUT2D eigenvalue weighted by atomic mass is 19.4. The maximum atomic E-state index is 13.0. The van der Waals surface area contributed by atoms with Crippen LogP contribution in [0.4, 0.5) is 18.0 Å². The van der Waals surface area contributed by atoms with E-state index in [1.54, 1.807) is 6.07 Å². The Kier molecular flexibility index (Phi) is 7.81. The Morgan fingerprint density at radius 1 is 1.00 bits per heavy atom. The molecule has 0 aromatic heterocycles. The molecule has 2 atom stereocenters. The predicted molar refractivity (Wildman–Crippen MR) is 127 cm³/mol. The van der Waals surface area contributed by atoms with E-state index in [1.807, 2.05) is 24.3 Å². The minimum Gasteiger partial charge on any atom is -0.450 e. The number of carbonyl (C=O) groups is 1. The van der Waals surface area contributed by atoms with E-state index >= 15 is 0 Å². The molecule has 4 nitrogen and oxygen atoms in total. The number of rotatable bonds is 8. The largest absolute Gasteiger partial charge is 0.450 e. The van der Waals surface area contributed by atoms with Crippen LogP contribution in [0, 0.1) is 0 Å². The molecule has 0 aliphatic heterocycles. The molecule has 2 aromatic rings. The first-order valence-electron chi connectivity index (χ1n) is 12.3. The van der Waals surface area contributed by atoms with Crippen LogP contribution in [0.25, 0.3) is 11.1 Å². The van der Waals surface area contributed by atoms with Gasteiger partial charge in [0.1, 0.15) is 0 Å². The van der Waals surface area contributed by atoms with E-state index in [4.69, 9.17) is 4.74 Å². The van der Waals surface area contributed by atoms with Crippen molar-refractivity contribution in [3.05, 3.63) is 59.7 Å². The first-order valence-corrected chi connectivity index (χ1v) is 12.3. The molecular weight excluding hydrogens is 441 g/mol. The molecule has 2 fully saturated rings. The van der Waals surface area contributed by atoms with E-state index in [9.17, 15) is 18.0 Å².